The summed E-state index contributed by atoms with van der Waals surface area (Å²) in [6.45, 7) is 0. The molecule has 3 heterocycles. The Bertz CT molecular complexity index is 1570. The average Bonchev–Trinajstić information content (AvgIpc) is 3.46. The van der Waals surface area contributed by atoms with E-state index < -0.39 is 4.92 Å². The van der Waals surface area contributed by atoms with E-state index in [1.807, 2.05) is 6.07 Å². The van der Waals surface area contributed by atoms with E-state index in [0.29, 0.717) is 43.0 Å². The fraction of sp³-hybridized carbons (Fsp3) is 0. The molecule has 0 fully saturated rings. The minimum absolute atomic E-state index is 0.0553. The van der Waals surface area contributed by atoms with Crippen molar-refractivity contribution in [1.29, 1.82) is 0 Å². The molecule has 3 aromatic heterocycles. The third-order valence-electron chi connectivity index (χ3n) is 4.53. The Kier molecular flexibility index (Phi) is 4.61. The molecule has 2 aromatic carbocycles. The number of nitro groups is 1. The number of para-hydroxylation sites is 1. The van der Waals surface area contributed by atoms with Gasteiger partial charge in [0, 0.05) is 22.7 Å². The van der Waals surface area contributed by atoms with E-state index >= 15 is 0 Å². The number of fused-ring (bicyclic) bond motifs is 1. The van der Waals surface area contributed by atoms with Gasteiger partial charge in [0.1, 0.15) is 16.1 Å². The molecule has 0 bridgehead atoms. The van der Waals surface area contributed by atoms with Gasteiger partial charge >= 0.3 is 0 Å². The number of nitro benzene ring substituents is 1. The van der Waals surface area contributed by atoms with Gasteiger partial charge in [-0.25, -0.2) is 0 Å². The zero-order chi connectivity index (χ0) is 21.5. The summed E-state index contributed by atoms with van der Waals surface area (Å²) in [5, 5.41) is 16.1. The molecule has 0 aliphatic carbocycles. The SMILES string of the molecule is O=c1c(=Cc2ccc(-c3ccccc3[N+](=O)[O-])o2)sc2nc(-c3cccc(Cl)c3)nn12. The van der Waals surface area contributed by atoms with Crippen molar-refractivity contribution in [2.24, 2.45) is 0 Å². The van der Waals surface area contributed by atoms with E-state index in [9.17, 15) is 14.9 Å². The van der Waals surface area contributed by atoms with Crippen LogP contribution in [0.4, 0.5) is 5.69 Å². The zero-order valence-electron chi connectivity index (χ0n) is 15.6. The van der Waals surface area contributed by atoms with Crippen LogP contribution < -0.4 is 10.1 Å². The lowest BCUT2D eigenvalue weighted by Gasteiger charge is -1.98. The van der Waals surface area contributed by atoms with Crippen LogP contribution >= 0.6 is 22.9 Å². The molecule has 8 nitrogen and oxygen atoms in total. The summed E-state index contributed by atoms with van der Waals surface area (Å²) in [7, 11) is 0. The molecule has 152 valence electrons. The largest absolute Gasteiger partial charge is 0.456 e. The smallest absolute Gasteiger partial charge is 0.291 e. The van der Waals surface area contributed by atoms with Gasteiger partial charge in [0.15, 0.2) is 5.82 Å². The zero-order valence-corrected chi connectivity index (χ0v) is 17.1. The van der Waals surface area contributed by atoms with Crippen LogP contribution in [0.5, 0.6) is 0 Å². The molecule has 0 atom stereocenters. The quantitative estimate of drug-likeness (QED) is 0.300. The van der Waals surface area contributed by atoms with Crippen LogP contribution in [-0.2, 0) is 0 Å². The number of thiazole rings is 1. The molecule has 0 unspecified atom stereocenters. The van der Waals surface area contributed by atoms with E-state index in [2.05, 4.69) is 10.1 Å². The van der Waals surface area contributed by atoms with Gasteiger partial charge in [-0.3, -0.25) is 14.9 Å². The minimum atomic E-state index is -0.464. The van der Waals surface area contributed by atoms with Crippen LogP contribution in [0.1, 0.15) is 5.76 Å². The number of hydrogen-bond acceptors (Lipinski definition) is 7. The summed E-state index contributed by atoms with van der Waals surface area (Å²) in [5.74, 6) is 1.15. The monoisotopic (exact) mass is 450 g/mol. The Hall–Kier alpha value is -3.82. The van der Waals surface area contributed by atoms with Crippen molar-refractivity contribution < 1.29 is 9.34 Å². The van der Waals surface area contributed by atoms with Gasteiger partial charge < -0.3 is 4.42 Å². The lowest BCUT2D eigenvalue weighted by atomic mass is 10.1. The summed E-state index contributed by atoms with van der Waals surface area (Å²) in [6.07, 6.45) is 1.57. The molecule has 31 heavy (non-hydrogen) atoms. The second-order valence-electron chi connectivity index (χ2n) is 6.53. The third-order valence-corrected chi connectivity index (χ3v) is 5.73. The Morgan fingerprint density at radius 2 is 1.97 bits per heavy atom. The highest BCUT2D eigenvalue weighted by atomic mass is 35.5. The Morgan fingerprint density at radius 1 is 1.13 bits per heavy atom. The van der Waals surface area contributed by atoms with Crippen molar-refractivity contribution in [3.05, 3.63) is 96.4 Å². The van der Waals surface area contributed by atoms with Crippen LogP contribution in [0, 0.1) is 10.1 Å². The number of furan rings is 1. The fourth-order valence-electron chi connectivity index (χ4n) is 3.13. The minimum Gasteiger partial charge on any atom is -0.456 e. The van der Waals surface area contributed by atoms with E-state index in [4.69, 9.17) is 16.0 Å². The average molecular weight is 451 g/mol. The van der Waals surface area contributed by atoms with Crippen molar-refractivity contribution in [1.82, 2.24) is 14.6 Å². The van der Waals surface area contributed by atoms with Crippen LogP contribution in [0.3, 0.4) is 0 Å². The van der Waals surface area contributed by atoms with Gasteiger partial charge in [-0.15, -0.1) is 5.10 Å². The number of benzene rings is 2. The van der Waals surface area contributed by atoms with Gasteiger partial charge in [0.05, 0.1) is 10.5 Å². The Balaban J connectivity index is 1.53. The van der Waals surface area contributed by atoms with Crippen LogP contribution in [0.15, 0.2) is 69.9 Å². The van der Waals surface area contributed by atoms with Crippen molar-refractivity contribution in [2.75, 3.05) is 0 Å². The maximum absolute atomic E-state index is 12.7. The fourth-order valence-corrected chi connectivity index (χ4v) is 4.21. The van der Waals surface area contributed by atoms with Gasteiger partial charge in [-0.2, -0.15) is 9.50 Å². The van der Waals surface area contributed by atoms with E-state index in [0.717, 1.165) is 0 Å². The van der Waals surface area contributed by atoms with Gasteiger partial charge in [0.2, 0.25) is 4.96 Å². The molecule has 10 heteroatoms. The first-order chi connectivity index (χ1) is 15.0. The summed E-state index contributed by atoms with van der Waals surface area (Å²) in [5.41, 5.74) is 0.696. The van der Waals surface area contributed by atoms with E-state index in [1.54, 1.807) is 54.6 Å². The van der Waals surface area contributed by atoms with Gasteiger partial charge in [-0.05, 0) is 30.3 Å². The molecule has 0 radical (unpaired) electrons. The van der Waals surface area contributed by atoms with Crippen LogP contribution in [0.2, 0.25) is 5.02 Å². The molecule has 5 rings (SSSR count). The highest BCUT2D eigenvalue weighted by molar-refractivity contribution is 7.15. The van der Waals surface area contributed by atoms with Crippen LogP contribution in [0.25, 0.3) is 33.7 Å². The standard InChI is InChI=1S/C21H11ClN4O4S/c22-13-5-3-4-12(10-13)19-23-21-25(24-19)20(27)18(31-21)11-14-8-9-17(30-14)15-6-1-2-7-16(15)26(28)29/h1-11H. The first-order valence-electron chi connectivity index (χ1n) is 9.00. The highest BCUT2D eigenvalue weighted by Crippen LogP contribution is 2.31. The number of halogens is 1. The molecule has 0 aliphatic heterocycles. The predicted octanol–water partition coefficient (Wildman–Crippen LogP) is 4.19. The summed E-state index contributed by atoms with van der Waals surface area (Å²) in [6, 6.07) is 16.7. The Labute approximate surface area is 182 Å². The number of hydrogen-bond donors (Lipinski definition) is 0. The number of rotatable bonds is 4. The predicted molar refractivity (Wildman–Crippen MR) is 117 cm³/mol. The van der Waals surface area contributed by atoms with Gasteiger partial charge in [-0.1, -0.05) is 47.2 Å². The van der Waals surface area contributed by atoms with Crippen molar-refractivity contribution in [3.8, 4) is 22.7 Å². The Morgan fingerprint density at radius 3 is 2.74 bits per heavy atom. The maximum Gasteiger partial charge on any atom is 0.291 e. The molecule has 0 aliphatic rings. The lowest BCUT2D eigenvalue weighted by molar-refractivity contribution is -0.384. The molecule has 0 N–H and O–H groups in total. The van der Waals surface area contributed by atoms with Crippen molar-refractivity contribution >= 4 is 39.7 Å². The molecule has 0 amide bonds. The second kappa shape index (κ2) is 7.46. The summed E-state index contributed by atoms with van der Waals surface area (Å²) in [4.78, 5) is 28.4. The summed E-state index contributed by atoms with van der Waals surface area (Å²) >= 11 is 7.18. The third kappa shape index (κ3) is 3.49. The number of nitrogens with zero attached hydrogens (tertiary/aromatic N) is 4. The van der Waals surface area contributed by atoms with E-state index in [-0.39, 0.29) is 11.2 Å². The molecular formula is C21H11ClN4O4S. The molecular weight excluding hydrogens is 440 g/mol. The topological polar surface area (TPSA) is 104 Å². The van der Waals surface area contributed by atoms with E-state index in [1.165, 1.54) is 21.9 Å². The highest BCUT2D eigenvalue weighted by Gasteiger charge is 2.17. The first-order valence-corrected chi connectivity index (χ1v) is 10.2. The van der Waals surface area contributed by atoms with Crippen molar-refractivity contribution in [2.45, 2.75) is 0 Å². The molecule has 5 aromatic rings. The normalized spacial score (nSPS) is 12.0. The van der Waals surface area contributed by atoms with Crippen molar-refractivity contribution in [3.63, 3.8) is 0 Å². The lowest BCUT2D eigenvalue weighted by Crippen LogP contribution is -2.23. The first kappa shape index (κ1) is 19.2. The second-order valence-corrected chi connectivity index (χ2v) is 7.98. The molecule has 0 spiro atoms. The van der Waals surface area contributed by atoms with Gasteiger partial charge in [0.25, 0.3) is 11.2 Å². The number of aromatic nitrogens is 3. The van der Waals surface area contributed by atoms with Crippen LogP contribution in [-0.4, -0.2) is 19.5 Å². The maximum atomic E-state index is 12.7. The molecule has 0 saturated carbocycles. The summed E-state index contributed by atoms with van der Waals surface area (Å²) < 4.78 is 7.36. The molecule has 0 saturated heterocycles.